The summed E-state index contributed by atoms with van der Waals surface area (Å²) in [5.74, 6) is -4.91. The summed E-state index contributed by atoms with van der Waals surface area (Å²) >= 11 is 0. The predicted octanol–water partition coefficient (Wildman–Crippen LogP) is -0.875. The molecule has 0 spiro atoms. The lowest BCUT2D eigenvalue weighted by Gasteiger charge is -2.31. The summed E-state index contributed by atoms with van der Waals surface area (Å²) in [4.78, 5) is 83.7. The molecule has 0 saturated carbocycles. The minimum absolute atomic E-state index is 0.191. The van der Waals surface area contributed by atoms with Gasteiger partial charge in [-0.15, -0.1) is 0 Å². The predicted molar refractivity (Wildman–Crippen MR) is 121 cm³/mol. The van der Waals surface area contributed by atoms with Crippen LogP contribution in [0.1, 0.15) is 59.3 Å². The Morgan fingerprint density at radius 3 is 2.22 bits per heavy atom. The minimum atomic E-state index is -1.24. The molecule has 0 unspecified atom stereocenters. The van der Waals surface area contributed by atoms with Crippen LogP contribution in [0.4, 0.5) is 0 Å². The molecule has 0 aliphatic carbocycles. The SMILES string of the molecule is CC[C@H](C)[C@H](NC(C)=O)C(=O)N[C@@H](CCC(=O)O)C(=O)N1CCC[C@H]1C(=O)N[C@@H](CC(=O)O)C1OO1. The molecule has 14 nitrogen and oxygen atoms in total. The molecule has 202 valence electrons. The Kier molecular flexibility index (Phi) is 10.6. The zero-order valence-electron chi connectivity index (χ0n) is 20.5. The summed E-state index contributed by atoms with van der Waals surface area (Å²) in [5.41, 5.74) is 0. The van der Waals surface area contributed by atoms with E-state index in [1.807, 2.05) is 6.92 Å². The van der Waals surface area contributed by atoms with E-state index in [2.05, 4.69) is 25.7 Å². The van der Waals surface area contributed by atoms with Gasteiger partial charge in [-0.1, -0.05) is 20.3 Å². The normalized spacial score (nSPS) is 20.5. The van der Waals surface area contributed by atoms with Gasteiger partial charge in [0.2, 0.25) is 29.9 Å². The fourth-order valence-corrected chi connectivity index (χ4v) is 4.06. The van der Waals surface area contributed by atoms with Crippen molar-refractivity contribution in [3.05, 3.63) is 0 Å². The van der Waals surface area contributed by atoms with Crippen molar-refractivity contribution in [2.45, 2.75) is 89.8 Å². The first-order valence-electron chi connectivity index (χ1n) is 11.9. The monoisotopic (exact) mass is 514 g/mol. The molecule has 0 aromatic carbocycles. The highest BCUT2D eigenvalue weighted by molar-refractivity contribution is 5.95. The molecule has 0 aromatic heterocycles. The number of aliphatic carboxylic acids is 2. The molecule has 2 fully saturated rings. The van der Waals surface area contributed by atoms with E-state index in [9.17, 15) is 28.8 Å². The quantitative estimate of drug-likeness (QED) is 0.143. The number of amides is 4. The van der Waals surface area contributed by atoms with E-state index in [0.717, 1.165) is 0 Å². The van der Waals surface area contributed by atoms with Crippen molar-refractivity contribution in [3.63, 3.8) is 0 Å². The van der Waals surface area contributed by atoms with E-state index >= 15 is 0 Å². The fraction of sp³-hybridized carbons (Fsp3) is 0.727. The van der Waals surface area contributed by atoms with Gasteiger partial charge in [-0.05, 0) is 25.2 Å². The van der Waals surface area contributed by atoms with Crippen LogP contribution in [0.25, 0.3) is 0 Å². The standard InChI is InChI=1S/C22H34N4O10/c1-4-11(2)18(23-12(3)27)20(33)24-13(7-8-16(28)29)21(34)26-9-5-6-15(26)19(32)25-14(10-17(30)31)22-35-36-22/h11,13-15,18,22H,4-10H2,1-3H3,(H,23,27)(H,24,33)(H,25,32)(H,28,29)(H,30,31)/t11-,13-,14-,15-,18-/m0/s1. The van der Waals surface area contributed by atoms with Crippen LogP contribution in [-0.4, -0.2) is 87.7 Å². The van der Waals surface area contributed by atoms with Crippen LogP contribution in [0.5, 0.6) is 0 Å². The number of nitrogens with zero attached hydrogens (tertiary/aromatic N) is 1. The molecular formula is C22H34N4O10. The van der Waals surface area contributed by atoms with Gasteiger partial charge in [0.05, 0.1) is 12.5 Å². The summed E-state index contributed by atoms with van der Waals surface area (Å²) in [6.45, 7) is 5.05. The molecule has 0 aromatic rings. The van der Waals surface area contributed by atoms with Crippen molar-refractivity contribution in [1.29, 1.82) is 0 Å². The van der Waals surface area contributed by atoms with Crippen LogP contribution in [0.3, 0.4) is 0 Å². The van der Waals surface area contributed by atoms with Crippen molar-refractivity contribution < 1.29 is 48.8 Å². The Labute approximate surface area is 208 Å². The van der Waals surface area contributed by atoms with Crippen molar-refractivity contribution >= 4 is 35.6 Å². The maximum atomic E-state index is 13.4. The summed E-state index contributed by atoms with van der Waals surface area (Å²) in [5, 5.41) is 25.9. The van der Waals surface area contributed by atoms with E-state index < -0.39 is 78.9 Å². The third kappa shape index (κ3) is 8.45. The average Bonchev–Trinajstić information content (AvgIpc) is 3.53. The molecule has 4 amide bonds. The molecular weight excluding hydrogens is 480 g/mol. The molecule has 5 atom stereocenters. The first kappa shape index (κ1) is 29.0. The van der Waals surface area contributed by atoms with E-state index in [0.29, 0.717) is 19.3 Å². The Morgan fingerprint density at radius 1 is 1.03 bits per heavy atom. The van der Waals surface area contributed by atoms with Crippen LogP contribution < -0.4 is 16.0 Å². The van der Waals surface area contributed by atoms with E-state index in [-0.39, 0.29) is 18.9 Å². The first-order chi connectivity index (χ1) is 16.9. The van der Waals surface area contributed by atoms with Crippen molar-refractivity contribution in [1.82, 2.24) is 20.9 Å². The number of rotatable bonds is 14. The number of carboxylic acids is 2. The van der Waals surface area contributed by atoms with Crippen LogP contribution in [-0.2, 0) is 38.5 Å². The van der Waals surface area contributed by atoms with Gasteiger partial charge in [-0.25, -0.2) is 0 Å². The maximum Gasteiger partial charge on any atom is 0.305 e. The average molecular weight is 515 g/mol. The van der Waals surface area contributed by atoms with E-state index in [4.69, 9.17) is 10.2 Å². The van der Waals surface area contributed by atoms with Gasteiger partial charge in [-0.2, -0.15) is 9.78 Å². The Balaban J connectivity index is 2.16. The highest BCUT2D eigenvalue weighted by Crippen LogP contribution is 2.23. The zero-order chi connectivity index (χ0) is 27.0. The largest absolute Gasteiger partial charge is 0.481 e. The van der Waals surface area contributed by atoms with Gasteiger partial charge < -0.3 is 31.1 Å². The number of carbonyl (C=O) groups is 6. The van der Waals surface area contributed by atoms with Gasteiger partial charge >= 0.3 is 11.9 Å². The van der Waals surface area contributed by atoms with Crippen molar-refractivity contribution in [2.24, 2.45) is 5.92 Å². The van der Waals surface area contributed by atoms with Crippen LogP contribution >= 0.6 is 0 Å². The van der Waals surface area contributed by atoms with Gasteiger partial charge in [-0.3, -0.25) is 28.8 Å². The number of hydrogen-bond donors (Lipinski definition) is 5. The van der Waals surface area contributed by atoms with Gasteiger partial charge in [0.1, 0.15) is 18.1 Å². The lowest BCUT2D eigenvalue weighted by Crippen LogP contribution is -2.58. The third-order valence-electron chi connectivity index (χ3n) is 6.21. The first-order valence-corrected chi connectivity index (χ1v) is 11.9. The molecule has 2 aliphatic rings. The number of nitrogens with one attached hydrogen (secondary N) is 3. The smallest absolute Gasteiger partial charge is 0.305 e. The second-order valence-electron chi connectivity index (χ2n) is 9.02. The molecule has 5 N–H and O–H groups in total. The summed E-state index contributed by atoms with van der Waals surface area (Å²) in [6.07, 6.45) is -0.642. The summed E-state index contributed by atoms with van der Waals surface area (Å²) < 4.78 is 0. The second kappa shape index (κ2) is 13.2. The summed E-state index contributed by atoms with van der Waals surface area (Å²) in [6, 6.07) is -4.07. The molecule has 2 saturated heterocycles. The Hall–Kier alpha value is -3.26. The third-order valence-corrected chi connectivity index (χ3v) is 6.21. The maximum absolute atomic E-state index is 13.4. The molecule has 2 rings (SSSR count). The fourth-order valence-electron chi connectivity index (χ4n) is 4.06. The van der Waals surface area contributed by atoms with Crippen LogP contribution in [0, 0.1) is 5.92 Å². The zero-order valence-corrected chi connectivity index (χ0v) is 20.5. The Morgan fingerprint density at radius 2 is 1.69 bits per heavy atom. The van der Waals surface area contributed by atoms with Gasteiger partial charge in [0.25, 0.3) is 0 Å². The number of hydrogen-bond acceptors (Lipinski definition) is 8. The second-order valence-corrected chi connectivity index (χ2v) is 9.02. The molecule has 14 heteroatoms. The van der Waals surface area contributed by atoms with E-state index in [1.165, 1.54) is 11.8 Å². The highest BCUT2D eigenvalue weighted by atomic mass is 17.4. The Bertz CT molecular complexity index is 862. The molecule has 0 bridgehead atoms. The lowest BCUT2D eigenvalue weighted by molar-refractivity contribution is -0.144. The lowest BCUT2D eigenvalue weighted by atomic mass is 9.97. The molecule has 0 radical (unpaired) electrons. The topological polar surface area (TPSA) is 207 Å². The van der Waals surface area contributed by atoms with E-state index in [1.54, 1.807) is 6.92 Å². The number of carbonyl (C=O) groups excluding carboxylic acids is 4. The van der Waals surface area contributed by atoms with Crippen LogP contribution in [0.15, 0.2) is 0 Å². The van der Waals surface area contributed by atoms with Crippen molar-refractivity contribution in [3.8, 4) is 0 Å². The number of likely N-dealkylation sites (tertiary alicyclic amines) is 1. The minimum Gasteiger partial charge on any atom is -0.481 e. The molecule has 2 heterocycles. The van der Waals surface area contributed by atoms with Crippen LogP contribution in [0.2, 0.25) is 0 Å². The molecule has 2 aliphatic heterocycles. The van der Waals surface area contributed by atoms with Gasteiger partial charge in [0, 0.05) is 19.9 Å². The molecule has 36 heavy (non-hydrogen) atoms. The summed E-state index contributed by atoms with van der Waals surface area (Å²) in [7, 11) is 0. The highest BCUT2D eigenvalue weighted by Gasteiger charge is 2.43. The number of carboxylic acid groups (broad SMARTS) is 2. The van der Waals surface area contributed by atoms with Gasteiger partial charge in [0.15, 0.2) is 0 Å². The van der Waals surface area contributed by atoms with Crippen molar-refractivity contribution in [2.75, 3.05) is 6.54 Å².